The van der Waals surface area contributed by atoms with Crippen LogP contribution in [0.15, 0.2) is 10.9 Å². The summed E-state index contributed by atoms with van der Waals surface area (Å²) < 4.78 is 2.96. The molecule has 2 nitrogen and oxygen atoms in total. The van der Waals surface area contributed by atoms with Crippen molar-refractivity contribution in [3.8, 4) is 0 Å². The number of imidazole rings is 1. The number of aromatic nitrogens is 2. The van der Waals surface area contributed by atoms with E-state index in [0.717, 1.165) is 16.2 Å². The van der Waals surface area contributed by atoms with Crippen molar-refractivity contribution >= 4 is 27.7 Å². The zero-order valence-corrected chi connectivity index (χ0v) is 9.07. The molecule has 0 saturated carbocycles. The van der Waals surface area contributed by atoms with E-state index in [1.165, 1.54) is 5.69 Å². The Kier molecular flexibility index (Phi) is 3.45. The predicted molar refractivity (Wildman–Crippen MR) is 52.7 cm³/mol. The molecular weight excluding hydrogens is 224 g/mol. The van der Waals surface area contributed by atoms with Gasteiger partial charge >= 0.3 is 0 Å². The monoisotopic (exact) mass is 234 g/mol. The number of thioether (sulfide) groups is 1. The molecule has 62 valence electrons. The summed E-state index contributed by atoms with van der Waals surface area (Å²) in [6.45, 7) is 2.16. The van der Waals surface area contributed by atoms with E-state index in [2.05, 4.69) is 32.4 Å². The summed E-state index contributed by atoms with van der Waals surface area (Å²) in [4.78, 5) is 4.14. The third-order valence-electron chi connectivity index (χ3n) is 1.48. The lowest BCUT2D eigenvalue weighted by atomic mass is 10.5. The van der Waals surface area contributed by atoms with Gasteiger partial charge in [-0.3, -0.25) is 0 Å². The van der Waals surface area contributed by atoms with E-state index < -0.39 is 0 Å². The van der Waals surface area contributed by atoms with E-state index in [4.69, 9.17) is 0 Å². The van der Waals surface area contributed by atoms with Crippen molar-refractivity contribution < 1.29 is 0 Å². The highest BCUT2D eigenvalue weighted by molar-refractivity contribution is 9.10. The number of nitrogens with zero attached hydrogens (tertiary/aromatic N) is 2. The van der Waals surface area contributed by atoms with Crippen LogP contribution in [0.1, 0.15) is 12.6 Å². The van der Waals surface area contributed by atoms with Gasteiger partial charge in [0.25, 0.3) is 0 Å². The molecule has 0 atom stereocenters. The van der Waals surface area contributed by atoms with Gasteiger partial charge in [0.15, 0.2) is 4.73 Å². The van der Waals surface area contributed by atoms with Crippen LogP contribution in [0.4, 0.5) is 0 Å². The molecular formula is C7H11BrN2S. The normalized spacial score (nSPS) is 10.5. The summed E-state index contributed by atoms with van der Waals surface area (Å²) in [5, 5.41) is 0. The Morgan fingerprint density at radius 1 is 1.73 bits per heavy atom. The zero-order chi connectivity index (χ0) is 8.27. The van der Waals surface area contributed by atoms with Crippen molar-refractivity contribution in [2.75, 3.05) is 5.75 Å². The fraction of sp³-hybridized carbons (Fsp3) is 0.571. The van der Waals surface area contributed by atoms with Crippen molar-refractivity contribution in [3.05, 3.63) is 16.6 Å². The lowest BCUT2D eigenvalue weighted by molar-refractivity contribution is 0.840. The minimum Gasteiger partial charge on any atom is -0.325 e. The van der Waals surface area contributed by atoms with Crippen LogP contribution in [0.2, 0.25) is 0 Å². The Morgan fingerprint density at radius 3 is 2.91 bits per heavy atom. The molecule has 1 aromatic rings. The summed E-state index contributed by atoms with van der Waals surface area (Å²) in [6.07, 6.45) is 1.91. The van der Waals surface area contributed by atoms with Gasteiger partial charge in [-0.2, -0.15) is 11.8 Å². The van der Waals surface area contributed by atoms with Gasteiger partial charge in [-0.1, -0.05) is 6.92 Å². The molecule has 0 spiro atoms. The molecule has 0 aliphatic rings. The first-order valence-corrected chi connectivity index (χ1v) is 5.44. The van der Waals surface area contributed by atoms with E-state index in [1.807, 2.05) is 25.0 Å². The standard InChI is InChI=1S/C7H11BrN2S/c1-3-11-5-6-4-9-7(8)10(6)2/h4H,3,5H2,1-2H3. The van der Waals surface area contributed by atoms with Crippen molar-refractivity contribution in [2.24, 2.45) is 7.05 Å². The van der Waals surface area contributed by atoms with Crippen LogP contribution in [0.25, 0.3) is 0 Å². The summed E-state index contributed by atoms with van der Waals surface area (Å²) in [6, 6.07) is 0. The average molecular weight is 235 g/mol. The van der Waals surface area contributed by atoms with Gasteiger partial charge < -0.3 is 4.57 Å². The third-order valence-corrected chi connectivity index (χ3v) is 3.13. The van der Waals surface area contributed by atoms with Gasteiger partial charge in [-0.25, -0.2) is 4.98 Å². The lowest BCUT2D eigenvalue weighted by Crippen LogP contribution is -1.94. The van der Waals surface area contributed by atoms with Crippen LogP contribution in [0.5, 0.6) is 0 Å². The van der Waals surface area contributed by atoms with E-state index in [0.29, 0.717) is 0 Å². The van der Waals surface area contributed by atoms with Gasteiger partial charge in [0, 0.05) is 18.5 Å². The minimum atomic E-state index is 0.907. The smallest absolute Gasteiger partial charge is 0.177 e. The number of hydrogen-bond acceptors (Lipinski definition) is 2. The van der Waals surface area contributed by atoms with E-state index in [1.54, 1.807) is 0 Å². The first kappa shape index (κ1) is 9.13. The Bertz CT molecular complexity index is 234. The summed E-state index contributed by atoms with van der Waals surface area (Å²) in [5.41, 5.74) is 1.27. The van der Waals surface area contributed by atoms with Crippen molar-refractivity contribution in [1.82, 2.24) is 9.55 Å². The zero-order valence-electron chi connectivity index (χ0n) is 6.67. The van der Waals surface area contributed by atoms with Gasteiger partial charge in [0.2, 0.25) is 0 Å². The minimum absolute atomic E-state index is 0.907. The average Bonchev–Trinajstić information content (AvgIpc) is 2.31. The van der Waals surface area contributed by atoms with Crippen molar-refractivity contribution in [3.63, 3.8) is 0 Å². The van der Waals surface area contributed by atoms with Crippen LogP contribution in [0.3, 0.4) is 0 Å². The Balaban J connectivity index is 2.63. The molecule has 1 rings (SSSR count). The molecule has 0 unspecified atom stereocenters. The maximum atomic E-state index is 4.14. The number of halogens is 1. The summed E-state index contributed by atoms with van der Waals surface area (Å²) >= 11 is 5.26. The van der Waals surface area contributed by atoms with Crippen LogP contribution in [-0.2, 0) is 12.8 Å². The van der Waals surface area contributed by atoms with E-state index in [9.17, 15) is 0 Å². The van der Waals surface area contributed by atoms with E-state index in [-0.39, 0.29) is 0 Å². The second-order valence-corrected chi connectivity index (χ2v) is 4.20. The number of rotatable bonds is 3. The second-order valence-electron chi connectivity index (χ2n) is 2.21. The fourth-order valence-corrected chi connectivity index (χ4v) is 1.77. The van der Waals surface area contributed by atoms with Crippen LogP contribution < -0.4 is 0 Å². The predicted octanol–water partition coefficient (Wildman–Crippen LogP) is 2.44. The molecule has 0 bridgehead atoms. The quantitative estimate of drug-likeness (QED) is 0.800. The van der Waals surface area contributed by atoms with Crippen molar-refractivity contribution in [1.29, 1.82) is 0 Å². The molecule has 11 heavy (non-hydrogen) atoms. The van der Waals surface area contributed by atoms with E-state index >= 15 is 0 Å². The highest BCUT2D eigenvalue weighted by Gasteiger charge is 2.01. The molecule has 0 N–H and O–H groups in total. The van der Waals surface area contributed by atoms with Gasteiger partial charge in [-0.15, -0.1) is 0 Å². The highest BCUT2D eigenvalue weighted by Crippen LogP contribution is 2.15. The Hall–Kier alpha value is 0.0400. The molecule has 0 fully saturated rings. The van der Waals surface area contributed by atoms with Crippen LogP contribution in [-0.4, -0.2) is 15.3 Å². The summed E-state index contributed by atoms with van der Waals surface area (Å²) in [5.74, 6) is 2.20. The maximum absolute atomic E-state index is 4.14. The van der Waals surface area contributed by atoms with Crippen LogP contribution >= 0.6 is 27.7 Å². The SMILES string of the molecule is CCSCc1cnc(Br)n1C. The van der Waals surface area contributed by atoms with Gasteiger partial charge in [-0.05, 0) is 21.7 Å². The molecule has 0 aliphatic heterocycles. The molecule has 0 aromatic carbocycles. The number of hydrogen-bond donors (Lipinski definition) is 0. The van der Waals surface area contributed by atoms with Gasteiger partial charge in [0.1, 0.15) is 0 Å². The molecule has 1 aromatic heterocycles. The second kappa shape index (κ2) is 4.16. The highest BCUT2D eigenvalue weighted by atomic mass is 79.9. The molecule has 0 radical (unpaired) electrons. The van der Waals surface area contributed by atoms with Crippen LogP contribution in [0, 0.1) is 0 Å². The third kappa shape index (κ3) is 2.24. The molecule has 0 saturated heterocycles. The Morgan fingerprint density at radius 2 is 2.45 bits per heavy atom. The molecule has 4 heteroatoms. The van der Waals surface area contributed by atoms with Gasteiger partial charge in [0.05, 0.1) is 6.20 Å². The first-order chi connectivity index (χ1) is 5.25. The molecule has 1 heterocycles. The topological polar surface area (TPSA) is 17.8 Å². The lowest BCUT2D eigenvalue weighted by Gasteiger charge is -2.00. The first-order valence-electron chi connectivity index (χ1n) is 3.49. The Labute approximate surface area is 79.5 Å². The molecule has 0 amide bonds. The largest absolute Gasteiger partial charge is 0.325 e. The maximum Gasteiger partial charge on any atom is 0.177 e. The fourth-order valence-electron chi connectivity index (χ4n) is 0.760. The molecule has 0 aliphatic carbocycles. The summed E-state index contributed by atoms with van der Waals surface area (Å²) in [7, 11) is 2.02. The van der Waals surface area contributed by atoms with Crippen molar-refractivity contribution in [2.45, 2.75) is 12.7 Å².